The first-order chi connectivity index (χ1) is 10.9. The Morgan fingerprint density at radius 1 is 1.46 bits per heavy atom. The average Bonchev–Trinajstić information content (AvgIpc) is 2.93. The van der Waals surface area contributed by atoms with Crippen LogP contribution in [0, 0.1) is 12.8 Å². The standard InChI is InChI=1S/C17H31N5S.HI/c1-13-7-6-8-22(11-13)17(3,4)12-21-16(18-5)20-10-15-19-9-14(2)23-15;/h9,13H,6-8,10-12H2,1-5H3,(H2,18,20,21);1H. The maximum Gasteiger partial charge on any atom is 0.191 e. The molecule has 2 N–H and O–H groups in total. The molecule has 138 valence electrons. The van der Waals surface area contributed by atoms with Gasteiger partial charge in [0.1, 0.15) is 5.01 Å². The van der Waals surface area contributed by atoms with Crippen molar-refractivity contribution in [1.82, 2.24) is 20.5 Å². The molecule has 0 aromatic carbocycles. The number of nitrogens with zero attached hydrogens (tertiary/aromatic N) is 3. The first-order valence-electron chi connectivity index (χ1n) is 8.51. The molecule has 1 atom stereocenters. The van der Waals surface area contributed by atoms with E-state index in [0.29, 0.717) is 0 Å². The highest BCUT2D eigenvalue weighted by Crippen LogP contribution is 2.23. The van der Waals surface area contributed by atoms with Crippen molar-refractivity contribution in [3.8, 4) is 0 Å². The van der Waals surface area contributed by atoms with Crippen LogP contribution in [-0.2, 0) is 6.54 Å². The van der Waals surface area contributed by atoms with Crippen LogP contribution in [0.2, 0.25) is 0 Å². The number of rotatable bonds is 5. The fourth-order valence-corrected chi connectivity index (χ4v) is 3.74. The third-order valence-corrected chi connectivity index (χ3v) is 5.41. The second kappa shape index (κ2) is 9.91. The number of thiazole rings is 1. The minimum absolute atomic E-state index is 0. The van der Waals surface area contributed by atoms with Crippen LogP contribution in [0.5, 0.6) is 0 Å². The van der Waals surface area contributed by atoms with Crippen molar-refractivity contribution in [2.45, 2.75) is 52.6 Å². The molecule has 24 heavy (non-hydrogen) atoms. The third-order valence-electron chi connectivity index (χ3n) is 4.50. The van der Waals surface area contributed by atoms with E-state index in [0.717, 1.165) is 30.0 Å². The van der Waals surface area contributed by atoms with Crippen molar-refractivity contribution in [2.75, 3.05) is 26.7 Å². The van der Waals surface area contributed by atoms with E-state index in [2.05, 4.69) is 53.2 Å². The number of hydrogen-bond donors (Lipinski definition) is 2. The van der Waals surface area contributed by atoms with E-state index in [-0.39, 0.29) is 29.5 Å². The van der Waals surface area contributed by atoms with Gasteiger partial charge < -0.3 is 10.6 Å². The Hall–Kier alpha value is -0.410. The van der Waals surface area contributed by atoms with E-state index < -0.39 is 0 Å². The molecule has 1 aromatic heterocycles. The van der Waals surface area contributed by atoms with Gasteiger partial charge in [-0.1, -0.05) is 6.92 Å². The van der Waals surface area contributed by atoms with Gasteiger partial charge in [-0.05, 0) is 46.1 Å². The molecule has 0 radical (unpaired) electrons. The summed E-state index contributed by atoms with van der Waals surface area (Å²) in [6.45, 7) is 13.1. The summed E-state index contributed by atoms with van der Waals surface area (Å²) in [7, 11) is 1.82. The van der Waals surface area contributed by atoms with Crippen molar-refractivity contribution in [3.63, 3.8) is 0 Å². The number of piperidine rings is 1. The first kappa shape index (κ1) is 21.6. The summed E-state index contributed by atoms with van der Waals surface area (Å²) in [6, 6.07) is 0. The molecule has 2 rings (SSSR count). The van der Waals surface area contributed by atoms with E-state index in [4.69, 9.17) is 0 Å². The van der Waals surface area contributed by atoms with Gasteiger partial charge in [0.15, 0.2) is 5.96 Å². The van der Waals surface area contributed by atoms with Crippen LogP contribution < -0.4 is 10.6 Å². The minimum atomic E-state index is 0. The van der Waals surface area contributed by atoms with E-state index >= 15 is 0 Å². The molecule has 1 saturated heterocycles. The van der Waals surface area contributed by atoms with E-state index in [1.807, 2.05) is 13.2 Å². The highest BCUT2D eigenvalue weighted by molar-refractivity contribution is 14.0. The van der Waals surface area contributed by atoms with E-state index in [9.17, 15) is 0 Å². The van der Waals surface area contributed by atoms with Crippen molar-refractivity contribution in [1.29, 1.82) is 0 Å². The third kappa shape index (κ3) is 6.48. The molecule has 1 unspecified atom stereocenters. The average molecular weight is 465 g/mol. The van der Waals surface area contributed by atoms with Gasteiger partial charge in [0.2, 0.25) is 0 Å². The Balaban J connectivity index is 0.00000288. The molecule has 0 bridgehead atoms. The van der Waals surface area contributed by atoms with Crippen molar-refractivity contribution in [3.05, 3.63) is 16.1 Å². The molecule has 1 aliphatic rings. The zero-order valence-corrected chi connectivity index (χ0v) is 18.7. The molecule has 1 fully saturated rings. The monoisotopic (exact) mass is 465 g/mol. The summed E-state index contributed by atoms with van der Waals surface area (Å²) in [4.78, 5) is 12.5. The number of aliphatic imine (C=N–C) groups is 1. The summed E-state index contributed by atoms with van der Waals surface area (Å²) in [5.74, 6) is 1.64. The quantitative estimate of drug-likeness (QED) is 0.398. The van der Waals surface area contributed by atoms with Crippen LogP contribution >= 0.6 is 35.3 Å². The van der Waals surface area contributed by atoms with E-state index in [1.54, 1.807) is 11.3 Å². The molecule has 0 saturated carbocycles. The molecule has 0 spiro atoms. The molecule has 7 heteroatoms. The van der Waals surface area contributed by atoms with Gasteiger partial charge in [-0.3, -0.25) is 9.89 Å². The fourth-order valence-electron chi connectivity index (χ4n) is 3.01. The first-order valence-corrected chi connectivity index (χ1v) is 9.33. The molecular formula is C17H32IN5S. The van der Waals surface area contributed by atoms with Crippen LogP contribution in [0.3, 0.4) is 0 Å². The lowest BCUT2D eigenvalue weighted by Gasteiger charge is -2.43. The predicted molar refractivity (Wildman–Crippen MR) is 115 cm³/mol. The number of aryl methyl sites for hydroxylation is 1. The normalized spacial score (nSPS) is 19.7. The second-order valence-electron chi connectivity index (χ2n) is 7.15. The number of halogens is 1. The number of likely N-dealkylation sites (tertiary alicyclic amines) is 1. The Morgan fingerprint density at radius 3 is 2.79 bits per heavy atom. The lowest BCUT2D eigenvalue weighted by molar-refractivity contribution is 0.0739. The van der Waals surface area contributed by atoms with Crippen LogP contribution in [0.15, 0.2) is 11.2 Å². The molecule has 1 aromatic rings. The molecule has 0 aliphatic carbocycles. The lowest BCUT2D eigenvalue weighted by atomic mass is 9.93. The Labute approximate surface area is 167 Å². The van der Waals surface area contributed by atoms with Gasteiger partial charge in [-0.15, -0.1) is 35.3 Å². The fraction of sp³-hybridized carbons (Fsp3) is 0.765. The van der Waals surface area contributed by atoms with Gasteiger partial charge >= 0.3 is 0 Å². The Morgan fingerprint density at radius 2 is 2.21 bits per heavy atom. The van der Waals surface area contributed by atoms with Crippen molar-refractivity contribution >= 4 is 41.3 Å². The lowest BCUT2D eigenvalue weighted by Crippen LogP contribution is -2.55. The molecule has 1 aliphatic heterocycles. The van der Waals surface area contributed by atoms with Gasteiger partial charge in [0.25, 0.3) is 0 Å². The highest BCUT2D eigenvalue weighted by Gasteiger charge is 2.30. The second-order valence-corrected chi connectivity index (χ2v) is 8.47. The largest absolute Gasteiger partial charge is 0.355 e. The Bertz CT molecular complexity index is 529. The maximum absolute atomic E-state index is 4.38. The van der Waals surface area contributed by atoms with Crippen LogP contribution in [0.25, 0.3) is 0 Å². The van der Waals surface area contributed by atoms with Crippen LogP contribution in [-0.4, -0.2) is 48.1 Å². The van der Waals surface area contributed by atoms with Gasteiger partial charge in [-0.25, -0.2) is 4.98 Å². The molecule has 0 amide bonds. The smallest absolute Gasteiger partial charge is 0.191 e. The summed E-state index contributed by atoms with van der Waals surface area (Å²) in [6.07, 6.45) is 4.58. The summed E-state index contributed by atoms with van der Waals surface area (Å²) >= 11 is 1.72. The van der Waals surface area contributed by atoms with Gasteiger partial charge in [0, 0.05) is 36.8 Å². The summed E-state index contributed by atoms with van der Waals surface area (Å²) in [5, 5.41) is 7.92. The summed E-state index contributed by atoms with van der Waals surface area (Å²) < 4.78 is 0. The van der Waals surface area contributed by atoms with Gasteiger partial charge in [0.05, 0.1) is 6.54 Å². The minimum Gasteiger partial charge on any atom is -0.355 e. The molecule has 2 heterocycles. The van der Waals surface area contributed by atoms with Gasteiger partial charge in [-0.2, -0.15) is 0 Å². The topological polar surface area (TPSA) is 52.6 Å². The maximum atomic E-state index is 4.38. The van der Waals surface area contributed by atoms with Crippen molar-refractivity contribution in [2.24, 2.45) is 10.9 Å². The SMILES string of the molecule is CN=C(NCc1ncc(C)s1)NCC(C)(C)N1CCCC(C)C1.I. The number of aromatic nitrogens is 1. The van der Waals surface area contributed by atoms with Crippen LogP contribution in [0.4, 0.5) is 0 Å². The molecule has 5 nitrogen and oxygen atoms in total. The Kier molecular flexibility index (Phi) is 8.94. The molecular weight excluding hydrogens is 433 g/mol. The van der Waals surface area contributed by atoms with E-state index in [1.165, 1.54) is 30.8 Å². The number of hydrogen-bond acceptors (Lipinski definition) is 4. The summed E-state index contributed by atoms with van der Waals surface area (Å²) in [5.41, 5.74) is 0.129. The zero-order valence-electron chi connectivity index (χ0n) is 15.6. The zero-order chi connectivity index (χ0) is 16.9. The number of guanidine groups is 1. The van der Waals surface area contributed by atoms with Crippen LogP contribution in [0.1, 0.15) is 43.5 Å². The van der Waals surface area contributed by atoms with Crippen molar-refractivity contribution < 1.29 is 0 Å². The predicted octanol–water partition coefficient (Wildman–Crippen LogP) is 3.25. The highest BCUT2D eigenvalue weighted by atomic mass is 127. The number of nitrogens with one attached hydrogen (secondary N) is 2.